The van der Waals surface area contributed by atoms with E-state index in [0.29, 0.717) is 12.8 Å². The van der Waals surface area contributed by atoms with Crippen LogP contribution in [0.15, 0.2) is 81.7 Å². The first-order valence-electron chi connectivity index (χ1n) is 9.95. The minimum Gasteiger partial charge on any atom is -0.325 e. The molecule has 3 aromatic carbocycles. The summed E-state index contributed by atoms with van der Waals surface area (Å²) >= 11 is 7.36. The third-order valence-electron chi connectivity index (χ3n) is 6.52. The van der Waals surface area contributed by atoms with Gasteiger partial charge in [-0.25, -0.2) is 0 Å². The second-order valence-electron chi connectivity index (χ2n) is 7.96. The molecule has 1 spiro atoms. The van der Waals surface area contributed by atoms with Gasteiger partial charge in [0.2, 0.25) is 5.91 Å². The van der Waals surface area contributed by atoms with E-state index in [2.05, 4.69) is 37.2 Å². The van der Waals surface area contributed by atoms with Crippen molar-refractivity contribution in [3.8, 4) is 0 Å². The molecule has 2 aliphatic rings. The van der Waals surface area contributed by atoms with Crippen LogP contribution in [-0.2, 0) is 15.0 Å². The number of para-hydroxylation sites is 1. The summed E-state index contributed by atoms with van der Waals surface area (Å²) in [6.45, 7) is 0. The number of hydrogen-bond acceptors (Lipinski definition) is 2. The van der Waals surface area contributed by atoms with Gasteiger partial charge in [0.05, 0.1) is 5.41 Å². The first-order chi connectivity index (χ1) is 14.5. The van der Waals surface area contributed by atoms with Crippen molar-refractivity contribution >= 4 is 49.2 Å². The monoisotopic (exact) mass is 523 g/mol. The molecule has 1 fully saturated rings. The molecule has 1 amide bonds. The first-order valence-corrected chi connectivity index (χ1v) is 11.5. The van der Waals surface area contributed by atoms with E-state index >= 15 is 0 Å². The Balaban J connectivity index is 1.84. The zero-order chi connectivity index (χ0) is 20.9. The lowest BCUT2D eigenvalue weighted by Crippen LogP contribution is -2.50. The molecule has 1 heterocycles. The van der Waals surface area contributed by atoms with Crippen molar-refractivity contribution in [1.82, 2.24) is 0 Å². The van der Waals surface area contributed by atoms with E-state index in [1.54, 1.807) is 0 Å². The van der Waals surface area contributed by atoms with Crippen LogP contribution in [0.2, 0.25) is 0 Å². The van der Waals surface area contributed by atoms with E-state index in [-0.39, 0.29) is 23.5 Å². The van der Waals surface area contributed by atoms with E-state index in [4.69, 9.17) is 0 Å². The van der Waals surface area contributed by atoms with Crippen molar-refractivity contribution in [2.75, 3.05) is 5.32 Å². The standard InChI is InChI=1S/C25H19Br2NO2/c26-21-10-4-1-7-16(21)19-13-15(29)14-20(17-8-2-5-11-22(17)27)25(19)18-9-3-6-12-23(18)28-24(25)30/h1-12,19-20H,13-14H2,(H,28,30)/t19-,20-/m0/s1. The number of anilines is 1. The zero-order valence-electron chi connectivity index (χ0n) is 16.1. The molecule has 0 bridgehead atoms. The number of hydrogen-bond donors (Lipinski definition) is 1. The quantitative estimate of drug-likeness (QED) is 0.425. The molecule has 3 nitrogen and oxygen atoms in total. The topological polar surface area (TPSA) is 46.2 Å². The number of carbonyl (C=O) groups excluding carboxylic acids is 2. The van der Waals surface area contributed by atoms with Crippen LogP contribution < -0.4 is 5.32 Å². The van der Waals surface area contributed by atoms with Crippen molar-refractivity contribution in [1.29, 1.82) is 0 Å². The number of amides is 1. The summed E-state index contributed by atoms with van der Waals surface area (Å²) in [6, 6.07) is 23.8. The lowest BCUT2D eigenvalue weighted by molar-refractivity contribution is -0.128. The van der Waals surface area contributed by atoms with Crippen LogP contribution in [-0.4, -0.2) is 11.7 Å². The van der Waals surface area contributed by atoms with Gasteiger partial charge in [0.25, 0.3) is 0 Å². The number of Topliss-reactive ketones (excluding diaryl/α,β-unsaturated/α-hetero) is 1. The van der Waals surface area contributed by atoms with Crippen molar-refractivity contribution in [2.45, 2.75) is 30.1 Å². The normalized spacial score (nSPS) is 22.1. The fourth-order valence-corrected chi connectivity index (χ4v) is 6.44. The predicted molar refractivity (Wildman–Crippen MR) is 125 cm³/mol. The lowest BCUT2D eigenvalue weighted by atomic mass is 9.54. The Hall–Kier alpha value is -2.24. The van der Waals surface area contributed by atoms with Crippen LogP contribution in [0.3, 0.4) is 0 Å². The summed E-state index contributed by atoms with van der Waals surface area (Å²) < 4.78 is 1.85. The number of benzene rings is 3. The van der Waals surface area contributed by atoms with E-state index in [9.17, 15) is 9.59 Å². The van der Waals surface area contributed by atoms with Crippen LogP contribution >= 0.6 is 31.9 Å². The highest BCUT2D eigenvalue weighted by Crippen LogP contribution is 2.61. The second kappa shape index (κ2) is 7.47. The van der Waals surface area contributed by atoms with Gasteiger partial charge in [-0.05, 0) is 34.9 Å². The number of nitrogens with one attached hydrogen (secondary N) is 1. The fourth-order valence-electron chi connectivity index (χ4n) is 5.32. The van der Waals surface area contributed by atoms with Gasteiger partial charge in [0.15, 0.2) is 0 Å². The Morgan fingerprint density at radius 1 is 0.733 bits per heavy atom. The lowest BCUT2D eigenvalue weighted by Gasteiger charge is -2.46. The molecule has 1 aliphatic heterocycles. The fraction of sp³-hybridized carbons (Fsp3) is 0.200. The summed E-state index contributed by atoms with van der Waals surface area (Å²) in [4.78, 5) is 26.9. The molecule has 2 atom stereocenters. The summed E-state index contributed by atoms with van der Waals surface area (Å²) in [5.74, 6) is -0.387. The van der Waals surface area contributed by atoms with Gasteiger partial charge in [-0.3, -0.25) is 9.59 Å². The minimum absolute atomic E-state index is 0.0299. The molecule has 150 valence electrons. The van der Waals surface area contributed by atoms with Crippen LogP contribution in [0.4, 0.5) is 5.69 Å². The Bertz CT molecular complexity index is 1120. The van der Waals surface area contributed by atoms with Gasteiger partial charge in [-0.15, -0.1) is 0 Å². The average Bonchev–Trinajstić information content (AvgIpc) is 3.03. The molecule has 0 saturated heterocycles. The molecule has 5 heteroatoms. The molecule has 5 rings (SSSR count). The van der Waals surface area contributed by atoms with Gasteiger partial charge in [0, 0.05) is 39.3 Å². The molecular formula is C25H19Br2NO2. The number of ketones is 1. The molecule has 0 unspecified atom stereocenters. The highest BCUT2D eigenvalue weighted by Gasteiger charge is 2.61. The van der Waals surface area contributed by atoms with Crippen molar-refractivity contribution in [2.24, 2.45) is 0 Å². The largest absolute Gasteiger partial charge is 0.325 e. The summed E-state index contributed by atoms with van der Waals surface area (Å²) in [5.41, 5.74) is 2.94. The van der Waals surface area contributed by atoms with Gasteiger partial charge < -0.3 is 5.32 Å². The Morgan fingerprint density at radius 2 is 1.23 bits per heavy atom. The van der Waals surface area contributed by atoms with Crippen LogP contribution in [0.1, 0.15) is 41.4 Å². The Labute approximate surface area is 192 Å². The Morgan fingerprint density at radius 3 is 1.80 bits per heavy atom. The first kappa shape index (κ1) is 19.7. The molecule has 1 saturated carbocycles. The smallest absolute Gasteiger partial charge is 0.236 e. The van der Waals surface area contributed by atoms with E-state index < -0.39 is 5.41 Å². The average molecular weight is 525 g/mol. The third-order valence-corrected chi connectivity index (χ3v) is 7.97. The van der Waals surface area contributed by atoms with Gasteiger partial charge >= 0.3 is 0 Å². The van der Waals surface area contributed by atoms with Crippen molar-refractivity contribution in [3.63, 3.8) is 0 Å². The maximum atomic E-state index is 13.9. The second-order valence-corrected chi connectivity index (χ2v) is 9.67. The maximum absolute atomic E-state index is 13.9. The number of carbonyl (C=O) groups is 2. The SMILES string of the molecule is O=C1C[C@@H](c2ccccc2Br)C2(C(=O)Nc3ccccc32)[C@H](c2ccccc2Br)C1. The van der Waals surface area contributed by atoms with Crippen LogP contribution in [0, 0.1) is 0 Å². The highest BCUT2D eigenvalue weighted by atomic mass is 79.9. The molecule has 3 aromatic rings. The number of rotatable bonds is 2. The molecule has 0 aromatic heterocycles. The van der Waals surface area contributed by atoms with Crippen LogP contribution in [0.25, 0.3) is 0 Å². The number of halogens is 2. The highest BCUT2D eigenvalue weighted by molar-refractivity contribution is 9.10. The van der Waals surface area contributed by atoms with Crippen LogP contribution in [0.5, 0.6) is 0 Å². The third kappa shape index (κ3) is 2.83. The predicted octanol–water partition coefficient (Wildman–Crippen LogP) is 6.33. The molecule has 0 radical (unpaired) electrons. The molecule has 30 heavy (non-hydrogen) atoms. The van der Waals surface area contributed by atoms with Crippen molar-refractivity contribution in [3.05, 3.63) is 98.4 Å². The zero-order valence-corrected chi connectivity index (χ0v) is 19.2. The van der Waals surface area contributed by atoms with Gasteiger partial charge in [0.1, 0.15) is 5.78 Å². The summed E-state index contributed by atoms with van der Waals surface area (Å²) in [7, 11) is 0. The minimum atomic E-state index is -0.863. The van der Waals surface area contributed by atoms with Crippen molar-refractivity contribution < 1.29 is 9.59 Å². The molecule has 1 aliphatic carbocycles. The molecular weight excluding hydrogens is 506 g/mol. The van der Waals surface area contributed by atoms with Gasteiger partial charge in [-0.2, -0.15) is 0 Å². The van der Waals surface area contributed by atoms with E-state index in [0.717, 1.165) is 31.3 Å². The van der Waals surface area contributed by atoms with Gasteiger partial charge in [-0.1, -0.05) is 86.5 Å². The summed E-state index contributed by atoms with van der Waals surface area (Å²) in [6.07, 6.45) is 0.677. The Kier molecular flexibility index (Phi) is 4.91. The summed E-state index contributed by atoms with van der Waals surface area (Å²) in [5, 5.41) is 3.13. The van der Waals surface area contributed by atoms with E-state index in [1.165, 1.54) is 0 Å². The number of fused-ring (bicyclic) bond motifs is 2. The molecule has 1 N–H and O–H groups in total. The maximum Gasteiger partial charge on any atom is 0.236 e. The van der Waals surface area contributed by atoms with E-state index in [1.807, 2.05) is 72.8 Å².